The Labute approximate surface area is 182 Å². The van der Waals surface area contributed by atoms with Crippen molar-refractivity contribution in [3.8, 4) is 0 Å². The average molecular weight is 435 g/mol. The number of carbonyl (C=O) groups excluding carboxylic acids is 1. The zero-order chi connectivity index (χ0) is 21.2. The summed E-state index contributed by atoms with van der Waals surface area (Å²) in [6.45, 7) is 2.97. The predicted molar refractivity (Wildman–Crippen MR) is 120 cm³/mol. The van der Waals surface area contributed by atoms with Gasteiger partial charge in [0.2, 0.25) is 5.91 Å². The number of benzene rings is 2. The molecule has 0 aliphatic carbocycles. The van der Waals surface area contributed by atoms with Gasteiger partial charge in [0.25, 0.3) is 0 Å². The third kappa shape index (κ3) is 4.30. The highest BCUT2D eigenvalue weighted by Gasteiger charge is 2.21. The Kier molecular flexibility index (Phi) is 5.40. The molecule has 2 aromatic carbocycles. The lowest BCUT2D eigenvalue weighted by atomic mass is 10.1. The Balaban J connectivity index is 1.20. The fourth-order valence-electron chi connectivity index (χ4n) is 3.90. The van der Waals surface area contributed by atoms with Crippen LogP contribution in [0.2, 0.25) is 0 Å². The van der Waals surface area contributed by atoms with Gasteiger partial charge in [0.15, 0.2) is 10.7 Å². The van der Waals surface area contributed by atoms with Gasteiger partial charge in [-0.3, -0.25) is 14.3 Å². The first-order valence-electron chi connectivity index (χ1n) is 10.3. The van der Waals surface area contributed by atoms with E-state index in [2.05, 4.69) is 39.5 Å². The molecule has 0 unspecified atom stereocenters. The van der Waals surface area contributed by atoms with Crippen LogP contribution in [0.3, 0.4) is 0 Å². The summed E-state index contributed by atoms with van der Waals surface area (Å²) in [7, 11) is 0. The number of hydrogen-bond acceptors (Lipinski definition) is 6. The number of nitrogens with zero attached hydrogens (tertiary/aromatic N) is 3. The number of amides is 1. The topological polar surface area (TPSA) is 80.4 Å². The molecule has 1 aliphatic rings. The summed E-state index contributed by atoms with van der Waals surface area (Å²) in [5.41, 5.74) is 3.59. The van der Waals surface area contributed by atoms with Crippen molar-refractivity contribution < 1.29 is 9.21 Å². The lowest BCUT2D eigenvalue weighted by Crippen LogP contribution is -2.29. The Morgan fingerprint density at radius 3 is 2.81 bits per heavy atom. The van der Waals surface area contributed by atoms with Crippen LogP contribution in [-0.4, -0.2) is 26.9 Å². The Bertz CT molecular complexity index is 1270. The van der Waals surface area contributed by atoms with Crippen molar-refractivity contribution in [1.29, 1.82) is 0 Å². The minimum Gasteiger partial charge on any atom is -0.408 e. The Morgan fingerprint density at radius 2 is 1.94 bits per heavy atom. The maximum atomic E-state index is 12.5. The van der Waals surface area contributed by atoms with Gasteiger partial charge in [0, 0.05) is 43.9 Å². The van der Waals surface area contributed by atoms with Gasteiger partial charge in [-0.1, -0.05) is 42.5 Å². The molecular weight excluding hydrogens is 412 g/mol. The number of hydrogen-bond donors (Lipinski definition) is 1. The first-order chi connectivity index (χ1) is 15.2. The predicted octanol–water partition coefficient (Wildman–Crippen LogP) is 3.64. The molecule has 5 rings (SSSR count). The van der Waals surface area contributed by atoms with Gasteiger partial charge < -0.3 is 9.73 Å². The summed E-state index contributed by atoms with van der Waals surface area (Å²) in [5, 5.41) is 3.52. The quantitative estimate of drug-likeness (QED) is 0.501. The van der Waals surface area contributed by atoms with Gasteiger partial charge >= 0.3 is 5.76 Å². The average Bonchev–Trinajstić information content (AvgIpc) is 3.31. The summed E-state index contributed by atoms with van der Waals surface area (Å²) in [4.78, 5) is 32.7. The van der Waals surface area contributed by atoms with Gasteiger partial charge in [-0.25, -0.2) is 9.78 Å². The highest BCUT2D eigenvalue weighted by atomic mass is 32.1. The molecule has 0 radical (unpaired) electrons. The Hall–Kier alpha value is -3.23. The van der Waals surface area contributed by atoms with Crippen molar-refractivity contribution in [1.82, 2.24) is 14.5 Å². The van der Waals surface area contributed by atoms with Crippen LogP contribution in [0.15, 0.2) is 63.8 Å². The molecule has 4 aromatic rings. The molecule has 1 N–H and O–H groups in total. The van der Waals surface area contributed by atoms with Crippen molar-refractivity contribution in [3.05, 3.63) is 81.3 Å². The van der Waals surface area contributed by atoms with E-state index in [1.165, 1.54) is 26.3 Å². The van der Waals surface area contributed by atoms with E-state index in [-0.39, 0.29) is 18.9 Å². The smallest absolute Gasteiger partial charge is 0.408 e. The molecule has 1 aliphatic heterocycles. The van der Waals surface area contributed by atoms with Gasteiger partial charge in [0.1, 0.15) is 0 Å². The van der Waals surface area contributed by atoms with E-state index in [4.69, 9.17) is 4.42 Å². The number of fused-ring (bicyclic) bond motifs is 2. The zero-order valence-electron chi connectivity index (χ0n) is 16.9. The molecule has 0 saturated heterocycles. The molecule has 0 bridgehead atoms. The largest absolute Gasteiger partial charge is 0.419 e. The molecule has 3 heterocycles. The van der Waals surface area contributed by atoms with E-state index in [1.54, 1.807) is 6.07 Å². The monoisotopic (exact) mass is 434 g/mol. The molecule has 158 valence electrons. The number of aryl methyl sites for hydroxylation is 1. The summed E-state index contributed by atoms with van der Waals surface area (Å²) < 4.78 is 6.71. The van der Waals surface area contributed by atoms with Crippen LogP contribution in [0.1, 0.15) is 22.6 Å². The molecule has 31 heavy (non-hydrogen) atoms. The third-order valence-corrected chi connectivity index (χ3v) is 6.44. The second kappa shape index (κ2) is 8.49. The highest BCUT2D eigenvalue weighted by Crippen LogP contribution is 2.29. The van der Waals surface area contributed by atoms with Crippen LogP contribution >= 0.6 is 11.3 Å². The van der Waals surface area contributed by atoms with Crippen LogP contribution in [0.4, 0.5) is 5.13 Å². The lowest BCUT2D eigenvalue weighted by molar-refractivity contribution is -0.116. The summed E-state index contributed by atoms with van der Waals surface area (Å²) in [6.07, 6.45) is 1.05. The highest BCUT2D eigenvalue weighted by molar-refractivity contribution is 7.15. The molecule has 2 aromatic heterocycles. The number of aromatic nitrogens is 2. The maximum absolute atomic E-state index is 12.5. The zero-order valence-corrected chi connectivity index (χ0v) is 17.7. The van der Waals surface area contributed by atoms with E-state index in [0.29, 0.717) is 16.2 Å². The van der Waals surface area contributed by atoms with E-state index in [9.17, 15) is 9.59 Å². The minimum absolute atomic E-state index is 0.163. The van der Waals surface area contributed by atoms with Crippen molar-refractivity contribution in [2.45, 2.75) is 32.5 Å². The molecule has 0 fully saturated rings. The molecule has 0 saturated carbocycles. The number of carbonyl (C=O) groups is 1. The van der Waals surface area contributed by atoms with Crippen LogP contribution < -0.4 is 11.1 Å². The molecule has 8 heteroatoms. The third-order valence-electron chi connectivity index (χ3n) is 5.44. The maximum Gasteiger partial charge on any atom is 0.419 e. The van der Waals surface area contributed by atoms with Crippen LogP contribution in [0, 0.1) is 0 Å². The molecular formula is C23H22N4O3S. The van der Waals surface area contributed by atoms with E-state index < -0.39 is 5.76 Å². The summed E-state index contributed by atoms with van der Waals surface area (Å²) in [5.74, 6) is -0.610. The number of oxazole rings is 1. The fourth-order valence-corrected chi connectivity index (χ4v) is 4.97. The molecule has 1 amide bonds. The van der Waals surface area contributed by atoms with Crippen molar-refractivity contribution in [2.75, 3.05) is 11.9 Å². The van der Waals surface area contributed by atoms with E-state index in [0.717, 1.165) is 31.7 Å². The summed E-state index contributed by atoms with van der Waals surface area (Å²) >= 11 is 1.54. The molecule has 0 spiro atoms. The van der Waals surface area contributed by atoms with Gasteiger partial charge in [-0.15, -0.1) is 11.3 Å². The molecule has 7 nitrogen and oxygen atoms in total. The first-order valence-corrected chi connectivity index (χ1v) is 11.1. The van der Waals surface area contributed by atoms with Crippen LogP contribution in [0.5, 0.6) is 0 Å². The van der Waals surface area contributed by atoms with Gasteiger partial charge in [0.05, 0.1) is 11.2 Å². The van der Waals surface area contributed by atoms with Crippen molar-refractivity contribution >= 4 is 33.5 Å². The van der Waals surface area contributed by atoms with Crippen molar-refractivity contribution in [3.63, 3.8) is 0 Å². The first kappa shape index (κ1) is 19.7. The SMILES string of the molecule is O=C(CCn1c(=O)oc2ccccc21)Nc1nc2c(s1)CN(Cc1ccccc1)CC2. The minimum atomic E-state index is -0.447. The fraction of sp³-hybridized carbons (Fsp3) is 0.261. The van der Waals surface area contributed by atoms with E-state index in [1.807, 2.05) is 24.3 Å². The number of rotatable bonds is 6. The van der Waals surface area contributed by atoms with Crippen molar-refractivity contribution in [2.24, 2.45) is 0 Å². The standard InChI is InChI=1S/C23H22N4O3S/c28-21(11-13-27-18-8-4-5-9-19(18)30-23(27)29)25-22-24-17-10-12-26(15-20(17)31-22)14-16-6-2-1-3-7-16/h1-9H,10-15H2,(H,24,25,28). The number of para-hydroxylation sites is 2. The number of thiazole rings is 1. The van der Waals surface area contributed by atoms with Gasteiger partial charge in [-0.2, -0.15) is 0 Å². The second-order valence-electron chi connectivity index (χ2n) is 7.62. The lowest BCUT2D eigenvalue weighted by Gasteiger charge is -2.25. The number of anilines is 1. The van der Waals surface area contributed by atoms with E-state index >= 15 is 0 Å². The van der Waals surface area contributed by atoms with Crippen LogP contribution in [-0.2, 0) is 30.8 Å². The molecule has 0 atom stereocenters. The van der Waals surface area contributed by atoms with Crippen LogP contribution in [0.25, 0.3) is 11.1 Å². The second-order valence-corrected chi connectivity index (χ2v) is 8.70. The van der Waals surface area contributed by atoms with Gasteiger partial charge in [-0.05, 0) is 17.7 Å². The normalized spacial score (nSPS) is 13.9. The summed E-state index contributed by atoms with van der Waals surface area (Å²) in [6, 6.07) is 17.6. The number of nitrogens with one attached hydrogen (secondary N) is 1. The Morgan fingerprint density at radius 1 is 1.13 bits per heavy atom.